The number of nitrogens with zero attached hydrogens (tertiary/aromatic N) is 1. The zero-order valence-electron chi connectivity index (χ0n) is 38.0. The first kappa shape index (κ1) is 56.0. The van der Waals surface area contributed by atoms with E-state index in [0.717, 1.165) is 64.2 Å². The number of quaternary nitrogens is 1. The van der Waals surface area contributed by atoms with Crippen molar-refractivity contribution < 1.29 is 42.1 Å². The first-order chi connectivity index (χ1) is 28.0. The molecular formula is C48H89NO8P+. The molecule has 338 valence electrons. The molecule has 10 heteroatoms. The number of carbonyl (C=O) groups is 2. The third-order valence-electron chi connectivity index (χ3n) is 9.87. The minimum absolute atomic E-state index is 0.0273. The summed E-state index contributed by atoms with van der Waals surface area (Å²) in [5, 5.41) is 0. The summed E-state index contributed by atoms with van der Waals surface area (Å²) in [6.07, 6.45) is 47.3. The average Bonchev–Trinajstić information content (AvgIpc) is 3.17. The van der Waals surface area contributed by atoms with Crippen LogP contribution in [0.2, 0.25) is 0 Å². The minimum atomic E-state index is -4.38. The molecule has 0 aromatic heterocycles. The van der Waals surface area contributed by atoms with E-state index >= 15 is 0 Å². The van der Waals surface area contributed by atoms with Gasteiger partial charge in [-0.25, -0.2) is 4.57 Å². The van der Waals surface area contributed by atoms with Gasteiger partial charge in [-0.05, 0) is 51.4 Å². The van der Waals surface area contributed by atoms with Gasteiger partial charge in [-0.2, -0.15) is 0 Å². The standard InChI is InChI=1S/C48H88NO8P/c1-6-8-10-12-14-16-18-20-22-24-26-28-30-32-34-36-38-40-47(50)54-44-46(45-56-58(52,53)55-43-42-49(3,4)5)57-48(51)41-39-37-35-33-31-29-27-25-23-21-19-17-15-13-11-9-7-2/h8,10,14,16,20,22,26,28,46H,6-7,9,11-13,15,17-19,21,23-25,27,29-45H2,1-5H3/p+1/b10-8-,16-14-,22-20-,28-26-/t46-/m1/s1. The summed E-state index contributed by atoms with van der Waals surface area (Å²) < 4.78 is 34.3. The molecule has 0 heterocycles. The Balaban J connectivity index is 4.35. The summed E-state index contributed by atoms with van der Waals surface area (Å²) in [6, 6.07) is 0. The number of allylic oxidation sites excluding steroid dienone is 8. The summed E-state index contributed by atoms with van der Waals surface area (Å²) in [7, 11) is 1.46. The molecule has 58 heavy (non-hydrogen) atoms. The van der Waals surface area contributed by atoms with Crippen LogP contribution in [-0.2, 0) is 32.7 Å². The number of carbonyl (C=O) groups excluding carboxylic acids is 2. The Bertz CT molecular complexity index is 1130. The van der Waals surface area contributed by atoms with Crippen LogP contribution in [0.25, 0.3) is 0 Å². The van der Waals surface area contributed by atoms with Gasteiger partial charge in [-0.3, -0.25) is 18.6 Å². The lowest BCUT2D eigenvalue weighted by Crippen LogP contribution is -2.37. The molecule has 0 aliphatic rings. The summed E-state index contributed by atoms with van der Waals surface area (Å²) in [6.45, 7) is 4.29. The van der Waals surface area contributed by atoms with Crippen molar-refractivity contribution in [2.45, 2.75) is 200 Å². The largest absolute Gasteiger partial charge is 0.472 e. The van der Waals surface area contributed by atoms with E-state index in [4.69, 9.17) is 18.5 Å². The number of esters is 2. The maximum Gasteiger partial charge on any atom is 0.472 e. The Morgan fingerprint density at radius 3 is 1.47 bits per heavy atom. The van der Waals surface area contributed by atoms with Gasteiger partial charge in [0.15, 0.2) is 6.10 Å². The van der Waals surface area contributed by atoms with E-state index in [-0.39, 0.29) is 32.0 Å². The number of phosphoric acid groups is 1. The first-order valence-electron chi connectivity index (χ1n) is 23.4. The van der Waals surface area contributed by atoms with E-state index in [9.17, 15) is 19.0 Å². The molecule has 0 spiro atoms. The van der Waals surface area contributed by atoms with Crippen LogP contribution in [0, 0.1) is 0 Å². The van der Waals surface area contributed by atoms with Crippen LogP contribution >= 0.6 is 7.82 Å². The molecule has 0 rings (SSSR count). The molecule has 2 atom stereocenters. The van der Waals surface area contributed by atoms with Gasteiger partial charge in [-0.15, -0.1) is 0 Å². The highest BCUT2D eigenvalue weighted by molar-refractivity contribution is 7.47. The molecule has 0 amide bonds. The fraction of sp³-hybridized carbons (Fsp3) is 0.792. The lowest BCUT2D eigenvalue weighted by Gasteiger charge is -2.24. The number of hydrogen-bond donors (Lipinski definition) is 1. The van der Waals surface area contributed by atoms with Crippen LogP contribution in [0.1, 0.15) is 194 Å². The Morgan fingerprint density at radius 2 is 0.983 bits per heavy atom. The second kappa shape index (κ2) is 40.4. The SMILES string of the molecule is CC/C=C\C/C=C\C/C=C\C/C=C\CCCCCCC(=O)OC[C@H](COP(=O)(O)OCC[N+](C)(C)C)OC(=O)CCCCCCCCCCCCCCCCCCC. The van der Waals surface area contributed by atoms with Crippen molar-refractivity contribution in [3.05, 3.63) is 48.6 Å². The molecule has 0 saturated carbocycles. The molecule has 0 fully saturated rings. The number of ether oxygens (including phenoxy) is 2. The van der Waals surface area contributed by atoms with Gasteiger partial charge in [0.25, 0.3) is 0 Å². The van der Waals surface area contributed by atoms with Gasteiger partial charge < -0.3 is 18.9 Å². The smallest absolute Gasteiger partial charge is 0.462 e. The lowest BCUT2D eigenvalue weighted by molar-refractivity contribution is -0.870. The third kappa shape index (κ3) is 43.5. The fourth-order valence-corrected chi connectivity index (χ4v) is 6.98. The molecule has 0 saturated heterocycles. The summed E-state index contributed by atoms with van der Waals surface area (Å²) in [5.74, 6) is -0.822. The van der Waals surface area contributed by atoms with Crippen molar-refractivity contribution in [1.82, 2.24) is 0 Å². The van der Waals surface area contributed by atoms with Crippen LogP contribution < -0.4 is 0 Å². The molecule has 1 unspecified atom stereocenters. The number of unbranched alkanes of at least 4 members (excludes halogenated alkanes) is 20. The second-order valence-corrected chi connectivity index (χ2v) is 18.2. The molecule has 0 bridgehead atoms. The zero-order valence-corrected chi connectivity index (χ0v) is 38.9. The highest BCUT2D eigenvalue weighted by Crippen LogP contribution is 2.43. The third-order valence-corrected chi connectivity index (χ3v) is 10.9. The quantitative estimate of drug-likeness (QED) is 0.0213. The first-order valence-corrected chi connectivity index (χ1v) is 24.9. The number of likely N-dealkylation sites (N-methyl/N-ethyl adjacent to an activating group) is 1. The van der Waals surface area contributed by atoms with Gasteiger partial charge in [0.05, 0.1) is 27.7 Å². The van der Waals surface area contributed by atoms with Crippen molar-refractivity contribution in [3.63, 3.8) is 0 Å². The summed E-state index contributed by atoms with van der Waals surface area (Å²) in [4.78, 5) is 35.4. The summed E-state index contributed by atoms with van der Waals surface area (Å²) >= 11 is 0. The van der Waals surface area contributed by atoms with Crippen LogP contribution in [0.3, 0.4) is 0 Å². The average molecular weight is 839 g/mol. The minimum Gasteiger partial charge on any atom is -0.462 e. The second-order valence-electron chi connectivity index (χ2n) is 16.8. The van der Waals surface area contributed by atoms with E-state index in [0.29, 0.717) is 23.9 Å². The Morgan fingerprint density at radius 1 is 0.552 bits per heavy atom. The maximum atomic E-state index is 12.7. The van der Waals surface area contributed by atoms with E-state index < -0.39 is 26.5 Å². The van der Waals surface area contributed by atoms with Crippen LogP contribution in [0.4, 0.5) is 0 Å². The zero-order chi connectivity index (χ0) is 42.8. The molecular weight excluding hydrogens is 750 g/mol. The molecule has 1 N–H and O–H groups in total. The Labute approximate surface area is 356 Å². The van der Waals surface area contributed by atoms with E-state index in [1.807, 2.05) is 21.1 Å². The number of hydrogen-bond acceptors (Lipinski definition) is 7. The molecule has 0 radical (unpaired) electrons. The molecule has 0 aromatic carbocycles. The number of phosphoric ester groups is 1. The summed E-state index contributed by atoms with van der Waals surface area (Å²) in [5.41, 5.74) is 0. The van der Waals surface area contributed by atoms with Crippen LogP contribution in [-0.4, -0.2) is 74.9 Å². The molecule has 9 nitrogen and oxygen atoms in total. The van der Waals surface area contributed by atoms with E-state index in [1.54, 1.807) is 0 Å². The van der Waals surface area contributed by atoms with Crippen molar-refractivity contribution in [3.8, 4) is 0 Å². The Kier molecular flexibility index (Phi) is 39.0. The maximum absolute atomic E-state index is 12.7. The molecule has 0 aliphatic carbocycles. The van der Waals surface area contributed by atoms with Crippen molar-refractivity contribution >= 4 is 19.8 Å². The van der Waals surface area contributed by atoms with E-state index in [2.05, 4.69) is 62.5 Å². The normalized spacial score (nSPS) is 14.0. The topological polar surface area (TPSA) is 108 Å². The van der Waals surface area contributed by atoms with Gasteiger partial charge in [0, 0.05) is 12.8 Å². The van der Waals surface area contributed by atoms with Crippen LogP contribution in [0.5, 0.6) is 0 Å². The van der Waals surface area contributed by atoms with Gasteiger partial charge in [0.2, 0.25) is 0 Å². The molecule has 0 aliphatic heterocycles. The van der Waals surface area contributed by atoms with Gasteiger partial charge in [0.1, 0.15) is 19.8 Å². The monoisotopic (exact) mass is 839 g/mol. The Hall–Kier alpha value is -2.03. The van der Waals surface area contributed by atoms with Gasteiger partial charge in [-0.1, -0.05) is 178 Å². The molecule has 0 aromatic rings. The van der Waals surface area contributed by atoms with Crippen molar-refractivity contribution in [2.24, 2.45) is 0 Å². The van der Waals surface area contributed by atoms with Gasteiger partial charge >= 0.3 is 19.8 Å². The van der Waals surface area contributed by atoms with E-state index in [1.165, 1.54) is 89.9 Å². The van der Waals surface area contributed by atoms with Crippen molar-refractivity contribution in [1.29, 1.82) is 0 Å². The highest BCUT2D eigenvalue weighted by Gasteiger charge is 2.27. The van der Waals surface area contributed by atoms with Crippen molar-refractivity contribution in [2.75, 3.05) is 47.5 Å². The highest BCUT2D eigenvalue weighted by atomic mass is 31.2. The predicted molar refractivity (Wildman–Crippen MR) is 243 cm³/mol. The fourth-order valence-electron chi connectivity index (χ4n) is 6.24. The lowest BCUT2D eigenvalue weighted by atomic mass is 10.0. The predicted octanol–water partition coefficient (Wildman–Crippen LogP) is 13.5. The number of rotatable bonds is 42. The van der Waals surface area contributed by atoms with Crippen LogP contribution in [0.15, 0.2) is 48.6 Å².